The van der Waals surface area contributed by atoms with E-state index in [9.17, 15) is 14.0 Å². The zero-order chi connectivity index (χ0) is 14.4. The molecule has 1 N–H and O–H groups in total. The second kappa shape index (κ2) is 6.42. The Balaban J connectivity index is 1.88. The number of pyridine rings is 1. The molecule has 2 aromatic rings. The summed E-state index contributed by atoms with van der Waals surface area (Å²) in [6, 6.07) is 10.4. The van der Waals surface area contributed by atoms with Crippen LogP contribution in [0.4, 0.5) is 10.2 Å². The average Bonchev–Trinajstić information content (AvgIpc) is 2.46. The first-order valence-corrected chi connectivity index (χ1v) is 5.79. The summed E-state index contributed by atoms with van der Waals surface area (Å²) in [6.45, 7) is -0.510. The highest BCUT2D eigenvalue weighted by atomic mass is 19.1. The molecule has 1 heterocycles. The number of amides is 1. The Labute approximate surface area is 114 Å². The molecule has 0 aliphatic carbocycles. The van der Waals surface area contributed by atoms with Crippen molar-refractivity contribution in [1.82, 2.24) is 4.98 Å². The zero-order valence-corrected chi connectivity index (χ0v) is 10.4. The number of benzene rings is 1. The molecule has 1 aromatic carbocycles. The minimum Gasteiger partial charge on any atom is -0.452 e. The number of carbonyl (C=O) groups excluding carboxylic acids is 2. The van der Waals surface area contributed by atoms with E-state index in [2.05, 4.69) is 10.3 Å². The lowest BCUT2D eigenvalue weighted by Gasteiger charge is -2.06. The van der Waals surface area contributed by atoms with Gasteiger partial charge in [0.2, 0.25) is 0 Å². The van der Waals surface area contributed by atoms with Crippen molar-refractivity contribution < 1.29 is 18.7 Å². The first-order chi connectivity index (χ1) is 9.66. The van der Waals surface area contributed by atoms with Crippen molar-refractivity contribution >= 4 is 17.7 Å². The molecule has 0 spiro atoms. The highest BCUT2D eigenvalue weighted by Crippen LogP contribution is 2.08. The van der Waals surface area contributed by atoms with Crippen molar-refractivity contribution in [2.24, 2.45) is 0 Å². The molecule has 0 aliphatic heterocycles. The van der Waals surface area contributed by atoms with Crippen molar-refractivity contribution in [1.29, 1.82) is 0 Å². The molecule has 0 saturated heterocycles. The maximum Gasteiger partial charge on any atom is 0.341 e. The molecule has 2 rings (SSSR count). The summed E-state index contributed by atoms with van der Waals surface area (Å²) in [4.78, 5) is 27.0. The number of anilines is 1. The van der Waals surface area contributed by atoms with Gasteiger partial charge in [-0.15, -0.1) is 0 Å². The number of hydrogen-bond acceptors (Lipinski definition) is 4. The van der Waals surface area contributed by atoms with Crippen molar-refractivity contribution in [2.45, 2.75) is 0 Å². The van der Waals surface area contributed by atoms with Crippen LogP contribution in [0, 0.1) is 5.82 Å². The van der Waals surface area contributed by atoms with Crippen LogP contribution in [0.1, 0.15) is 10.4 Å². The fraction of sp³-hybridized carbons (Fsp3) is 0.0714. The molecule has 5 nitrogen and oxygen atoms in total. The third-order valence-corrected chi connectivity index (χ3v) is 2.36. The van der Waals surface area contributed by atoms with Gasteiger partial charge in [0.05, 0.1) is 5.56 Å². The van der Waals surface area contributed by atoms with Gasteiger partial charge in [-0.25, -0.2) is 14.2 Å². The van der Waals surface area contributed by atoms with E-state index in [4.69, 9.17) is 4.74 Å². The van der Waals surface area contributed by atoms with Gasteiger partial charge in [-0.1, -0.05) is 18.2 Å². The van der Waals surface area contributed by atoms with Gasteiger partial charge in [0.1, 0.15) is 11.6 Å². The summed E-state index contributed by atoms with van der Waals surface area (Å²) in [5.74, 6) is -1.78. The Kier molecular flexibility index (Phi) is 4.39. The van der Waals surface area contributed by atoms with Crippen LogP contribution in [-0.4, -0.2) is 23.5 Å². The van der Waals surface area contributed by atoms with Gasteiger partial charge in [-0.05, 0) is 24.3 Å². The zero-order valence-electron chi connectivity index (χ0n) is 10.4. The molecule has 0 aliphatic rings. The van der Waals surface area contributed by atoms with Crippen LogP contribution in [0.3, 0.4) is 0 Å². The summed E-state index contributed by atoms with van der Waals surface area (Å²) < 4.78 is 18.0. The van der Waals surface area contributed by atoms with Crippen LogP contribution < -0.4 is 5.32 Å². The van der Waals surface area contributed by atoms with Crippen molar-refractivity contribution in [3.63, 3.8) is 0 Å². The van der Waals surface area contributed by atoms with Crippen LogP contribution in [0.15, 0.2) is 48.7 Å². The minimum absolute atomic E-state index is 0.210. The van der Waals surface area contributed by atoms with E-state index in [-0.39, 0.29) is 5.56 Å². The Morgan fingerprint density at radius 3 is 2.60 bits per heavy atom. The van der Waals surface area contributed by atoms with Crippen LogP contribution in [0.5, 0.6) is 0 Å². The second-order valence-corrected chi connectivity index (χ2v) is 3.82. The van der Waals surface area contributed by atoms with Gasteiger partial charge in [0.25, 0.3) is 5.91 Å². The van der Waals surface area contributed by atoms with Crippen LogP contribution in [0.25, 0.3) is 0 Å². The van der Waals surface area contributed by atoms with Crippen LogP contribution in [-0.2, 0) is 9.53 Å². The Bertz CT molecular complexity index is 617. The topological polar surface area (TPSA) is 68.3 Å². The maximum absolute atomic E-state index is 13.3. The smallest absolute Gasteiger partial charge is 0.341 e. The third-order valence-electron chi connectivity index (χ3n) is 2.36. The first kappa shape index (κ1) is 13.7. The lowest BCUT2D eigenvalue weighted by Crippen LogP contribution is -2.21. The number of esters is 1. The SMILES string of the molecule is O=C(COC(=O)c1ccccc1F)Nc1ccccn1. The molecule has 0 atom stereocenters. The predicted molar refractivity (Wildman–Crippen MR) is 69.5 cm³/mol. The molecule has 6 heteroatoms. The van der Waals surface area contributed by atoms with E-state index < -0.39 is 24.3 Å². The van der Waals surface area contributed by atoms with E-state index in [1.807, 2.05) is 0 Å². The summed E-state index contributed by atoms with van der Waals surface area (Å²) in [7, 11) is 0. The van der Waals surface area contributed by atoms with Crippen molar-refractivity contribution in [3.8, 4) is 0 Å². The number of ether oxygens (including phenoxy) is 1. The number of halogens is 1. The largest absolute Gasteiger partial charge is 0.452 e. The van der Waals surface area contributed by atoms with E-state index in [0.717, 1.165) is 6.07 Å². The maximum atomic E-state index is 13.3. The normalized spacial score (nSPS) is 9.85. The van der Waals surface area contributed by atoms with E-state index in [0.29, 0.717) is 5.82 Å². The molecule has 0 fully saturated rings. The summed E-state index contributed by atoms with van der Waals surface area (Å²) in [5.41, 5.74) is -0.210. The van der Waals surface area contributed by atoms with Gasteiger partial charge in [0.15, 0.2) is 6.61 Å². The number of carbonyl (C=O) groups is 2. The molecule has 102 valence electrons. The number of nitrogens with one attached hydrogen (secondary N) is 1. The van der Waals surface area contributed by atoms with E-state index in [1.165, 1.54) is 24.4 Å². The van der Waals surface area contributed by atoms with Crippen molar-refractivity contribution in [2.75, 3.05) is 11.9 Å². The van der Waals surface area contributed by atoms with Gasteiger partial charge >= 0.3 is 5.97 Å². The lowest BCUT2D eigenvalue weighted by molar-refractivity contribution is -0.119. The Hall–Kier alpha value is -2.76. The number of aromatic nitrogens is 1. The van der Waals surface area contributed by atoms with Crippen LogP contribution >= 0.6 is 0 Å². The number of hydrogen-bond donors (Lipinski definition) is 1. The molecule has 0 unspecified atom stereocenters. The lowest BCUT2D eigenvalue weighted by atomic mass is 10.2. The fourth-order valence-corrected chi connectivity index (χ4v) is 1.45. The number of nitrogens with zero attached hydrogens (tertiary/aromatic N) is 1. The molecule has 20 heavy (non-hydrogen) atoms. The fourth-order valence-electron chi connectivity index (χ4n) is 1.45. The van der Waals surface area contributed by atoms with E-state index in [1.54, 1.807) is 18.2 Å². The molecule has 0 bridgehead atoms. The monoisotopic (exact) mass is 274 g/mol. The Morgan fingerprint density at radius 2 is 1.90 bits per heavy atom. The molecule has 1 aromatic heterocycles. The highest BCUT2D eigenvalue weighted by Gasteiger charge is 2.14. The van der Waals surface area contributed by atoms with Gasteiger partial charge in [-0.3, -0.25) is 4.79 Å². The second-order valence-electron chi connectivity index (χ2n) is 3.82. The highest BCUT2D eigenvalue weighted by molar-refractivity contribution is 5.95. The quantitative estimate of drug-likeness (QED) is 0.866. The van der Waals surface area contributed by atoms with Gasteiger partial charge in [0, 0.05) is 6.20 Å². The van der Waals surface area contributed by atoms with E-state index >= 15 is 0 Å². The molecule has 0 radical (unpaired) electrons. The Morgan fingerprint density at radius 1 is 1.15 bits per heavy atom. The standard InChI is InChI=1S/C14H11FN2O3/c15-11-6-2-1-5-10(11)14(19)20-9-13(18)17-12-7-3-4-8-16-12/h1-8H,9H2,(H,16,17,18). The first-order valence-electron chi connectivity index (χ1n) is 5.79. The molecule has 0 saturated carbocycles. The number of rotatable bonds is 4. The summed E-state index contributed by atoms with van der Waals surface area (Å²) >= 11 is 0. The molecular formula is C14H11FN2O3. The van der Waals surface area contributed by atoms with Crippen LogP contribution in [0.2, 0.25) is 0 Å². The average molecular weight is 274 g/mol. The third kappa shape index (κ3) is 3.61. The van der Waals surface area contributed by atoms with Gasteiger partial charge in [-0.2, -0.15) is 0 Å². The molecular weight excluding hydrogens is 263 g/mol. The summed E-state index contributed by atoms with van der Waals surface area (Å²) in [6.07, 6.45) is 1.51. The summed E-state index contributed by atoms with van der Waals surface area (Å²) in [5, 5.41) is 2.44. The van der Waals surface area contributed by atoms with Gasteiger partial charge < -0.3 is 10.1 Å². The molecule has 1 amide bonds. The van der Waals surface area contributed by atoms with Crippen molar-refractivity contribution in [3.05, 3.63) is 60.0 Å². The predicted octanol–water partition coefficient (Wildman–Crippen LogP) is 2.02. The minimum atomic E-state index is -0.890.